The second kappa shape index (κ2) is 4.53. The summed E-state index contributed by atoms with van der Waals surface area (Å²) in [4.78, 5) is 22.8. The third kappa shape index (κ3) is 1.88. The number of imidazole rings is 1. The molecule has 0 unspecified atom stereocenters. The Morgan fingerprint density at radius 3 is 2.90 bits per heavy atom. The monoisotopic (exact) mass is 289 g/mol. The SMILES string of the molecule is Cc1nc(Cl)nc(-c2cccc3nccn23)c1[N+](=O)[O-]. The summed E-state index contributed by atoms with van der Waals surface area (Å²) in [5, 5.41) is 11.2. The molecule has 3 rings (SSSR count). The van der Waals surface area contributed by atoms with E-state index in [1.165, 1.54) is 6.92 Å². The normalized spacial score (nSPS) is 10.9. The average Bonchev–Trinajstić information content (AvgIpc) is 2.84. The van der Waals surface area contributed by atoms with Crippen molar-refractivity contribution in [3.8, 4) is 11.4 Å². The first-order valence-electron chi connectivity index (χ1n) is 5.69. The van der Waals surface area contributed by atoms with Crippen LogP contribution in [0.1, 0.15) is 5.69 Å². The molecule has 3 heterocycles. The number of rotatable bonds is 2. The summed E-state index contributed by atoms with van der Waals surface area (Å²) in [6.45, 7) is 1.53. The fourth-order valence-corrected chi connectivity index (χ4v) is 2.28. The van der Waals surface area contributed by atoms with Crippen LogP contribution in [0.3, 0.4) is 0 Å². The van der Waals surface area contributed by atoms with Crippen molar-refractivity contribution >= 4 is 22.9 Å². The zero-order valence-corrected chi connectivity index (χ0v) is 11.1. The maximum atomic E-state index is 11.3. The van der Waals surface area contributed by atoms with Gasteiger partial charge in [0, 0.05) is 12.4 Å². The number of aryl methyl sites for hydroxylation is 1. The molecular weight excluding hydrogens is 282 g/mol. The van der Waals surface area contributed by atoms with Crippen LogP contribution in [0.5, 0.6) is 0 Å². The molecule has 0 bridgehead atoms. The topological polar surface area (TPSA) is 86.2 Å². The van der Waals surface area contributed by atoms with Gasteiger partial charge in [-0.05, 0) is 30.7 Å². The number of pyridine rings is 1. The van der Waals surface area contributed by atoms with Gasteiger partial charge < -0.3 is 0 Å². The third-order valence-electron chi connectivity index (χ3n) is 2.88. The number of hydrogen-bond acceptors (Lipinski definition) is 5. The Labute approximate surface area is 118 Å². The molecule has 0 aromatic carbocycles. The van der Waals surface area contributed by atoms with Crippen LogP contribution < -0.4 is 0 Å². The van der Waals surface area contributed by atoms with Gasteiger partial charge in [0.25, 0.3) is 0 Å². The largest absolute Gasteiger partial charge is 0.318 e. The second-order valence-electron chi connectivity index (χ2n) is 4.10. The molecule has 0 aliphatic rings. The van der Waals surface area contributed by atoms with Crippen LogP contribution in [-0.2, 0) is 0 Å². The Bertz CT molecular complexity index is 830. The van der Waals surface area contributed by atoms with E-state index in [9.17, 15) is 10.1 Å². The molecule has 7 nitrogen and oxygen atoms in total. The van der Waals surface area contributed by atoms with Crippen molar-refractivity contribution in [2.24, 2.45) is 0 Å². The van der Waals surface area contributed by atoms with Crippen LogP contribution >= 0.6 is 11.6 Å². The van der Waals surface area contributed by atoms with Gasteiger partial charge in [-0.15, -0.1) is 0 Å². The number of aromatic nitrogens is 4. The first-order valence-corrected chi connectivity index (χ1v) is 6.06. The summed E-state index contributed by atoms with van der Waals surface area (Å²) >= 11 is 5.83. The van der Waals surface area contributed by atoms with Gasteiger partial charge in [-0.3, -0.25) is 14.5 Å². The lowest BCUT2D eigenvalue weighted by Gasteiger charge is -2.07. The van der Waals surface area contributed by atoms with Crippen molar-refractivity contribution in [3.05, 3.63) is 51.7 Å². The minimum Gasteiger partial charge on any atom is -0.298 e. The van der Waals surface area contributed by atoms with Gasteiger partial charge in [0.05, 0.1) is 10.6 Å². The van der Waals surface area contributed by atoms with E-state index in [-0.39, 0.29) is 22.4 Å². The second-order valence-corrected chi connectivity index (χ2v) is 4.44. The van der Waals surface area contributed by atoms with Crippen molar-refractivity contribution < 1.29 is 4.92 Å². The maximum Gasteiger partial charge on any atom is 0.318 e. The highest BCUT2D eigenvalue weighted by atomic mass is 35.5. The fourth-order valence-electron chi connectivity index (χ4n) is 2.07. The molecule has 0 saturated carbocycles. The van der Waals surface area contributed by atoms with Crippen LogP contribution in [0.15, 0.2) is 30.6 Å². The maximum absolute atomic E-state index is 11.3. The van der Waals surface area contributed by atoms with Gasteiger partial charge in [0.2, 0.25) is 5.28 Å². The molecule has 0 spiro atoms. The lowest BCUT2D eigenvalue weighted by atomic mass is 10.2. The van der Waals surface area contributed by atoms with Crippen LogP contribution in [0.25, 0.3) is 17.0 Å². The van der Waals surface area contributed by atoms with E-state index in [1.807, 2.05) is 0 Å². The minimum atomic E-state index is -0.503. The molecule has 0 saturated heterocycles. The summed E-state index contributed by atoms with van der Waals surface area (Å²) in [5.74, 6) is 0. The molecular formula is C12H8ClN5O2. The summed E-state index contributed by atoms with van der Waals surface area (Å²) in [7, 11) is 0. The molecule has 0 fully saturated rings. The van der Waals surface area contributed by atoms with Gasteiger partial charge in [0.1, 0.15) is 11.3 Å². The third-order valence-corrected chi connectivity index (χ3v) is 3.05. The molecule has 3 aromatic heterocycles. The van der Waals surface area contributed by atoms with Gasteiger partial charge in [-0.2, -0.15) is 0 Å². The van der Waals surface area contributed by atoms with Gasteiger partial charge in [-0.1, -0.05) is 6.07 Å². The van der Waals surface area contributed by atoms with Crippen molar-refractivity contribution in [3.63, 3.8) is 0 Å². The average molecular weight is 290 g/mol. The number of nitrogens with zero attached hydrogens (tertiary/aromatic N) is 5. The Morgan fingerprint density at radius 1 is 1.35 bits per heavy atom. The van der Waals surface area contributed by atoms with Crippen molar-refractivity contribution in [1.82, 2.24) is 19.4 Å². The molecule has 8 heteroatoms. The summed E-state index contributed by atoms with van der Waals surface area (Å²) in [6.07, 6.45) is 3.32. The summed E-state index contributed by atoms with van der Waals surface area (Å²) in [5.41, 5.74) is 1.46. The van der Waals surface area contributed by atoms with Gasteiger partial charge in [0.15, 0.2) is 5.69 Å². The molecule has 0 aliphatic carbocycles. The number of halogens is 1. The molecule has 0 amide bonds. The zero-order valence-electron chi connectivity index (χ0n) is 10.3. The molecule has 0 atom stereocenters. The predicted molar refractivity (Wildman–Crippen MR) is 72.6 cm³/mol. The smallest absolute Gasteiger partial charge is 0.298 e. The van der Waals surface area contributed by atoms with Crippen LogP contribution in [-0.4, -0.2) is 24.3 Å². The fraction of sp³-hybridized carbons (Fsp3) is 0.0833. The summed E-state index contributed by atoms with van der Waals surface area (Å²) < 4.78 is 1.71. The van der Waals surface area contributed by atoms with Crippen molar-refractivity contribution in [1.29, 1.82) is 0 Å². The van der Waals surface area contributed by atoms with E-state index in [0.29, 0.717) is 11.3 Å². The lowest BCUT2D eigenvalue weighted by molar-refractivity contribution is -0.385. The number of hydrogen-bond donors (Lipinski definition) is 0. The Balaban J connectivity index is 2.39. The molecule has 0 aliphatic heterocycles. The Hall–Kier alpha value is -2.54. The van der Waals surface area contributed by atoms with Crippen LogP contribution in [0.4, 0.5) is 5.69 Å². The van der Waals surface area contributed by atoms with Gasteiger partial charge in [-0.25, -0.2) is 15.0 Å². The van der Waals surface area contributed by atoms with Crippen LogP contribution in [0.2, 0.25) is 5.28 Å². The van der Waals surface area contributed by atoms with Crippen LogP contribution in [0, 0.1) is 17.0 Å². The quantitative estimate of drug-likeness (QED) is 0.411. The molecule has 20 heavy (non-hydrogen) atoms. The first-order chi connectivity index (χ1) is 9.58. The van der Waals surface area contributed by atoms with E-state index in [0.717, 1.165) is 0 Å². The highest BCUT2D eigenvalue weighted by molar-refractivity contribution is 6.28. The zero-order chi connectivity index (χ0) is 14.3. The number of fused-ring (bicyclic) bond motifs is 1. The highest BCUT2D eigenvalue weighted by Crippen LogP contribution is 2.31. The van der Waals surface area contributed by atoms with E-state index in [4.69, 9.17) is 11.6 Å². The molecule has 3 aromatic rings. The highest BCUT2D eigenvalue weighted by Gasteiger charge is 2.24. The van der Waals surface area contributed by atoms with E-state index < -0.39 is 4.92 Å². The number of nitro groups is 1. The van der Waals surface area contributed by atoms with Crippen molar-refractivity contribution in [2.45, 2.75) is 6.92 Å². The summed E-state index contributed by atoms with van der Waals surface area (Å²) in [6, 6.07) is 5.28. The minimum absolute atomic E-state index is 0.0276. The van der Waals surface area contributed by atoms with Crippen molar-refractivity contribution in [2.75, 3.05) is 0 Å². The molecule has 0 radical (unpaired) electrons. The molecule has 0 N–H and O–H groups in total. The van der Waals surface area contributed by atoms with E-state index in [2.05, 4.69) is 15.0 Å². The Kier molecular flexibility index (Phi) is 2.83. The Morgan fingerprint density at radius 2 is 2.15 bits per heavy atom. The lowest BCUT2D eigenvalue weighted by Crippen LogP contribution is -2.03. The molecule has 100 valence electrons. The van der Waals surface area contributed by atoms with E-state index >= 15 is 0 Å². The standard InChI is InChI=1S/C12H8ClN5O2/c1-7-11(18(19)20)10(16-12(13)15-7)8-3-2-4-9-14-5-6-17(8)9/h2-6H,1H3. The first kappa shape index (κ1) is 12.5. The van der Waals surface area contributed by atoms with E-state index in [1.54, 1.807) is 35.0 Å². The van der Waals surface area contributed by atoms with Gasteiger partial charge >= 0.3 is 5.69 Å². The predicted octanol–water partition coefficient (Wildman–Crippen LogP) is 2.66.